The first-order chi connectivity index (χ1) is 11.1. The highest BCUT2D eigenvalue weighted by Crippen LogP contribution is 2.30. The van der Waals surface area contributed by atoms with Crippen molar-refractivity contribution in [3.8, 4) is 0 Å². The van der Waals surface area contributed by atoms with E-state index in [4.69, 9.17) is 10.5 Å². The molecule has 0 spiro atoms. The van der Waals surface area contributed by atoms with Crippen LogP contribution in [0.3, 0.4) is 0 Å². The summed E-state index contributed by atoms with van der Waals surface area (Å²) in [5.74, 6) is -0.661. The molecule has 1 aromatic carbocycles. The fourth-order valence-corrected chi connectivity index (χ4v) is 2.63. The quantitative estimate of drug-likeness (QED) is 0.862. The van der Waals surface area contributed by atoms with Crippen molar-refractivity contribution in [3.05, 3.63) is 29.3 Å². The maximum atomic E-state index is 12.9. The molecule has 0 bridgehead atoms. The summed E-state index contributed by atoms with van der Waals surface area (Å²) in [6.45, 7) is 2.82. The second kappa shape index (κ2) is 6.68. The van der Waals surface area contributed by atoms with Crippen molar-refractivity contribution in [1.29, 1.82) is 0 Å². The number of rotatable bonds is 2. The van der Waals surface area contributed by atoms with Gasteiger partial charge in [-0.1, -0.05) is 0 Å². The molecule has 0 saturated carbocycles. The number of hydrogen-bond donors (Lipinski definition) is 2. The van der Waals surface area contributed by atoms with Crippen LogP contribution in [-0.4, -0.2) is 48.3 Å². The normalized spacial score (nSPS) is 21.5. The maximum absolute atomic E-state index is 12.9. The number of alkyl halides is 3. The smallest absolute Gasteiger partial charge is 0.366 e. The molecule has 9 heteroatoms. The Morgan fingerprint density at radius 2 is 2.00 bits per heavy atom. The molecule has 1 fully saturated rings. The number of ether oxygens (including phenoxy) is 1. The first kappa shape index (κ1) is 18.1. The van der Waals surface area contributed by atoms with E-state index in [9.17, 15) is 22.8 Å². The summed E-state index contributed by atoms with van der Waals surface area (Å²) in [6, 6.07) is 2.66. The van der Waals surface area contributed by atoms with E-state index in [0.29, 0.717) is 5.56 Å². The van der Waals surface area contributed by atoms with Gasteiger partial charge in [-0.25, -0.2) is 4.79 Å². The molecular weight excluding hydrogens is 327 g/mol. The van der Waals surface area contributed by atoms with Crippen molar-refractivity contribution < 1.29 is 27.5 Å². The first-order valence-corrected chi connectivity index (χ1v) is 7.27. The second-order valence-corrected chi connectivity index (χ2v) is 5.65. The van der Waals surface area contributed by atoms with E-state index in [1.165, 1.54) is 13.0 Å². The zero-order valence-electron chi connectivity index (χ0n) is 13.2. The monoisotopic (exact) mass is 345 g/mol. The van der Waals surface area contributed by atoms with Gasteiger partial charge < -0.3 is 20.7 Å². The van der Waals surface area contributed by atoms with Crippen LogP contribution in [0.15, 0.2) is 18.2 Å². The molecule has 24 heavy (non-hydrogen) atoms. The number of urea groups is 1. The van der Waals surface area contributed by atoms with Crippen LogP contribution in [0.1, 0.15) is 22.8 Å². The number of aryl methyl sites for hydroxylation is 1. The predicted molar refractivity (Wildman–Crippen MR) is 80.7 cm³/mol. The topological polar surface area (TPSA) is 84.7 Å². The molecule has 0 aliphatic carbocycles. The number of benzene rings is 1. The Morgan fingerprint density at radius 1 is 1.33 bits per heavy atom. The largest absolute Gasteiger partial charge is 0.416 e. The zero-order valence-corrected chi connectivity index (χ0v) is 13.2. The van der Waals surface area contributed by atoms with Gasteiger partial charge in [0, 0.05) is 17.8 Å². The van der Waals surface area contributed by atoms with Gasteiger partial charge in [0.1, 0.15) is 0 Å². The van der Waals surface area contributed by atoms with Gasteiger partial charge in [-0.05, 0) is 37.6 Å². The lowest BCUT2D eigenvalue weighted by atomic mass is 10.1. The number of nitrogens with zero attached hydrogens (tertiary/aromatic N) is 1. The summed E-state index contributed by atoms with van der Waals surface area (Å²) in [7, 11) is 0. The summed E-state index contributed by atoms with van der Waals surface area (Å²) in [5, 5.41) is 2.51. The zero-order chi connectivity index (χ0) is 18.1. The Labute approximate surface area is 136 Å². The fraction of sp³-hybridized carbons (Fsp3) is 0.467. The van der Waals surface area contributed by atoms with Gasteiger partial charge in [-0.15, -0.1) is 0 Å². The Bertz CT molecular complexity index is 649. The number of nitrogens with two attached hydrogens (primary N) is 1. The van der Waals surface area contributed by atoms with Crippen molar-refractivity contribution in [3.63, 3.8) is 0 Å². The standard InChI is InChI=1S/C15H18F3N3O3/c1-8-5-10(13(19)22)7-11(6-8)20-14(23)21-3-4-24-12(9(21)2)15(16,17)18/h5-7,9,12H,3-4H2,1-2H3,(H2,19,22)(H,20,23)/t9-,12-/m0/s1. The highest BCUT2D eigenvalue weighted by Gasteiger charge is 2.49. The van der Waals surface area contributed by atoms with E-state index in [-0.39, 0.29) is 24.4 Å². The lowest BCUT2D eigenvalue weighted by Crippen LogP contribution is -2.58. The third kappa shape index (κ3) is 3.97. The molecule has 0 unspecified atom stereocenters. The molecule has 1 aromatic rings. The summed E-state index contributed by atoms with van der Waals surface area (Å²) in [4.78, 5) is 24.6. The summed E-state index contributed by atoms with van der Waals surface area (Å²) < 4.78 is 43.5. The maximum Gasteiger partial charge on any atom is 0.416 e. The van der Waals surface area contributed by atoms with Crippen molar-refractivity contribution in [2.75, 3.05) is 18.5 Å². The number of amides is 3. The van der Waals surface area contributed by atoms with Crippen LogP contribution < -0.4 is 11.1 Å². The summed E-state index contributed by atoms with van der Waals surface area (Å²) >= 11 is 0. The predicted octanol–water partition coefficient (Wildman–Crippen LogP) is 2.28. The molecule has 1 heterocycles. The molecule has 0 aromatic heterocycles. The molecule has 3 amide bonds. The number of anilines is 1. The third-order valence-corrected chi connectivity index (χ3v) is 3.76. The highest BCUT2D eigenvalue weighted by molar-refractivity contribution is 5.96. The van der Waals surface area contributed by atoms with Gasteiger partial charge in [0.25, 0.3) is 0 Å². The molecule has 0 radical (unpaired) electrons. The van der Waals surface area contributed by atoms with E-state index < -0.39 is 30.3 Å². The van der Waals surface area contributed by atoms with Crippen molar-refractivity contribution in [2.45, 2.75) is 32.2 Å². The molecule has 1 aliphatic heterocycles. The first-order valence-electron chi connectivity index (χ1n) is 7.27. The number of hydrogen-bond acceptors (Lipinski definition) is 3. The van der Waals surface area contributed by atoms with Crippen LogP contribution in [0.2, 0.25) is 0 Å². The molecule has 2 rings (SSSR count). The SMILES string of the molecule is Cc1cc(NC(=O)N2CCO[C@H](C(F)(F)F)[C@@H]2C)cc(C(N)=O)c1. The van der Waals surface area contributed by atoms with Crippen LogP contribution in [0.5, 0.6) is 0 Å². The highest BCUT2D eigenvalue weighted by atomic mass is 19.4. The average molecular weight is 345 g/mol. The lowest BCUT2D eigenvalue weighted by Gasteiger charge is -2.39. The van der Waals surface area contributed by atoms with Gasteiger partial charge in [0.15, 0.2) is 6.10 Å². The van der Waals surface area contributed by atoms with Crippen LogP contribution in [-0.2, 0) is 4.74 Å². The molecule has 3 N–H and O–H groups in total. The van der Waals surface area contributed by atoms with Crippen LogP contribution in [0.4, 0.5) is 23.7 Å². The summed E-state index contributed by atoms with van der Waals surface area (Å²) in [5.41, 5.74) is 6.38. The van der Waals surface area contributed by atoms with Crippen LogP contribution in [0.25, 0.3) is 0 Å². The van der Waals surface area contributed by atoms with Gasteiger partial charge in [0.05, 0.1) is 12.6 Å². The van der Waals surface area contributed by atoms with Crippen LogP contribution in [0, 0.1) is 6.92 Å². The summed E-state index contributed by atoms with van der Waals surface area (Å²) in [6.07, 6.45) is -6.59. The number of primary amides is 1. The number of nitrogens with one attached hydrogen (secondary N) is 1. The Morgan fingerprint density at radius 3 is 2.58 bits per heavy atom. The third-order valence-electron chi connectivity index (χ3n) is 3.76. The van der Waals surface area contributed by atoms with Crippen molar-refractivity contribution in [1.82, 2.24) is 4.90 Å². The van der Waals surface area contributed by atoms with Gasteiger partial charge in [-0.3, -0.25) is 4.79 Å². The van der Waals surface area contributed by atoms with Gasteiger partial charge in [-0.2, -0.15) is 13.2 Å². The fourth-order valence-electron chi connectivity index (χ4n) is 2.63. The van der Waals surface area contributed by atoms with E-state index >= 15 is 0 Å². The van der Waals surface area contributed by atoms with E-state index in [1.807, 2.05) is 0 Å². The average Bonchev–Trinajstić information content (AvgIpc) is 2.45. The second-order valence-electron chi connectivity index (χ2n) is 5.65. The molecule has 1 aliphatic rings. The van der Waals surface area contributed by atoms with E-state index in [1.54, 1.807) is 19.1 Å². The minimum Gasteiger partial charge on any atom is -0.366 e. The molecular formula is C15H18F3N3O3. The number of carbonyl (C=O) groups is 2. The van der Waals surface area contributed by atoms with Gasteiger partial charge >= 0.3 is 12.2 Å². The number of morpholine rings is 1. The Balaban J connectivity index is 2.16. The van der Waals surface area contributed by atoms with E-state index in [2.05, 4.69) is 5.32 Å². The Kier molecular flexibility index (Phi) is 5.02. The molecule has 132 valence electrons. The lowest BCUT2D eigenvalue weighted by molar-refractivity contribution is -0.246. The van der Waals surface area contributed by atoms with Gasteiger partial charge in [0.2, 0.25) is 5.91 Å². The van der Waals surface area contributed by atoms with Crippen molar-refractivity contribution >= 4 is 17.6 Å². The molecule has 6 nitrogen and oxygen atoms in total. The minimum absolute atomic E-state index is 0.0358. The van der Waals surface area contributed by atoms with Crippen LogP contribution >= 0.6 is 0 Å². The molecule has 1 saturated heterocycles. The minimum atomic E-state index is -4.55. The number of halogens is 3. The van der Waals surface area contributed by atoms with E-state index in [0.717, 1.165) is 4.90 Å². The molecule has 2 atom stereocenters. The number of carbonyl (C=O) groups excluding carboxylic acids is 2. The van der Waals surface area contributed by atoms with Crippen molar-refractivity contribution in [2.24, 2.45) is 5.73 Å². The Hall–Kier alpha value is -2.29.